The SMILES string of the molecule is N#CCCN(Cc1cccnc1)c1nc(-c2ccccc2O)nc2ccc(F)cc12. The Hall–Kier alpha value is -4.05. The number of aromatic hydroxyl groups is 1. The van der Waals surface area contributed by atoms with Crippen molar-refractivity contribution in [3.05, 3.63) is 78.4 Å². The van der Waals surface area contributed by atoms with Gasteiger partial charge in [-0.05, 0) is 42.0 Å². The van der Waals surface area contributed by atoms with E-state index in [1.807, 2.05) is 17.0 Å². The van der Waals surface area contributed by atoms with Crippen LogP contribution >= 0.6 is 0 Å². The number of nitriles is 1. The maximum absolute atomic E-state index is 14.1. The van der Waals surface area contributed by atoms with Crippen LogP contribution in [0.1, 0.15) is 12.0 Å². The molecule has 0 saturated carbocycles. The van der Waals surface area contributed by atoms with Gasteiger partial charge in [0, 0.05) is 30.9 Å². The van der Waals surface area contributed by atoms with Crippen LogP contribution in [0.3, 0.4) is 0 Å². The zero-order valence-corrected chi connectivity index (χ0v) is 16.0. The smallest absolute Gasteiger partial charge is 0.165 e. The second-order valence-corrected chi connectivity index (χ2v) is 6.74. The number of phenols is 1. The molecule has 0 aliphatic rings. The van der Waals surface area contributed by atoms with E-state index in [2.05, 4.69) is 21.0 Å². The molecular formula is C23H18FN5O. The number of nitrogens with zero attached hydrogens (tertiary/aromatic N) is 5. The fourth-order valence-corrected chi connectivity index (χ4v) is 3.27. The van der Waals surface area contributed by atoms with Crippen molar-refractivity contribution in [1.29, 1.82) is 5.26 Å². The van der Waals surface area contributed by atoms with Gasteiger partial charge in [0.2, 0.25) is 0 Å². The third-order valence-electron chi connectivity index (χ3n) is 4.67. The maximum Gasteiger partial charge on any atom is 0.165 e. The number of rotatable bonds is 6. The Morgan fingerprint density at radius 2 is 1.93 bits per heavy atom. The van der Waals surface area contributed by atoms with Crippen molar-refractivity contribution >= 4 is 16.7 Å². The molecule has 0 amide bonds. The fraction of sp³-hybridized carbons (Fsp3) is 0.130. The van der Waals surface area contributed by atoms with E-state index < -0.39 is 5.82 Å². The van der Waals surface area contributed by atoms with Gasteiger partial charge in [-0.25, -0.2) is 14.4 Å². The molecule has 0 aliphatic carbocycles. The summed E-state index contributed by atoms with van der Waals surface area (Å²) in [7, 11) is 0. The number of anilines is 1. The minimum absolute atomic E-state index is 0.0562. The summed E-state index contributed by atoms with van der Waals surface area (Å²) in [6.45, 7) is 0.840. The summed E-state index contributed by atoms with van der Waals surface area (Å²) in [5.74, 6) is 0.484. The summed E-state index contributed by atoms with van der Waals surface area (Å²) in [6, 6.07) is 17.0. The van der Waals surface area contributed by atoms with Gasteiger partial charge in [0.25, 0.3) is 0 Å². The average molecular weight is 399 g/mol. The van der Waals surface area contributed by atoms with Crippen molar-refractivity contribution in [3.8, 4) is 23.2 Å². The number of aromatic nitrogens is 3. The van der Waals surface area contributed by atoms with Crippen molar-refractivity contribution in [1.82, 2.24) is 15.0 Å². The Kier molecular flexibility index (Phi) is 5.48. The minimum atomic E-state index is -0.399. The van der Waals surface area contributed by atoms with Crippen LogP contribution in [0.4, 0.5) is 10.2 Å². The second kappa shape index (κ2) is 8.53. The molecule has 2 aromatic carbocycles. The lowest BCUT2D eigenvalue weighted by Crippen LogP contribution is -2.25. The lowest BCUT2D eigenvalue weighted by Gasteiger charge is -2.24. The van der Waals surface area contributed by atoms with Crippen LogP contribution in [0.2, 0.25) is 0 Å². The zero-order chi connectivity index (χ0) is 20.9. The predicted molar refractivity (Wildman–Crippen MR) is 112 cm³/mol. The lowest BCUT2D eigenvalue weighted by atomic mass is 10.1. The summed E-state index contributed by atoms with van der Waals surface area (Å²) in [5, 5.41) is 20.0. The summed E-state index contributed by atoms with van der Waals surface area (Å²) in [4.78, 5) is 15.3. The normalized spacial score (nSPS) is 10.7. The van der Waals surface area contributed by atoms with E-state index in [0.717, 1.165) is 5.56 Å². The van der Waals surface area contributed by atoms with Gasteiger partial charge >= 0.3 is 0 Å². The first kappa shape index (κ1) is 19.3. The Balaban J connectivity index is 1.90. The summed E-state index contributed by atoms with van der Waals surface area (Å²) in [5.41, 5.74) is 1.96. The molecule has 6 nitrogen and oxygen atoms in total. The second-order valence-electron chi connectivity index (χ2n) is 6.74. The summed E-state index contributed by atoms with van der Waals surface area (Å²) in [6.07, 6.45) is 3.70. The van der Waals surface area contributed by atoms with Crippen molar-refractivity contribution in [2.75, 3.05) is 11.4 Å². The molecule has 0 aliphatic heterocycles. The van der Waals surface area contributed by atoms with Gasteiger partial charge in [-0.3, -0.25) is 4.98 Å². The first-order chi connectivity index (χ1) is 14.7. The van der Waals surface area contributed by atoms with Crippen LogP contribution in [0.5, 0.6) is 5.75 Å². The highest BCUT2D eigenvalue weighted by Gasteiger charge is 2.18. The van der Waals surface area contributed by atoms with E-state index in [9.17, 15) is 9.50 Å². The molecule has 4 aromatic rings. The van der Waals surface area contributed by atoms with Gasteiger partial charge in [-0.15, -0.1) is 0 Å². The van der Waals surface area contributed by atoms with Gasteiger partial charge in [-0.1, -0.05) is 18.2 Å². The number of pyridine rings is 1. The van der Waals surface area contributed by atoms with E-state index in [1.54, 1.807) is 42.7 Å². The summed E-state index contributed by atoms with van der Waals surface area (Å²) < 4.78 is 14.1. The third kappa shape index (κ3) is 4.03. The Morgan fingerprint density at radius 1 is 1.07 bits per heavy atom. The largest absolute Gasteiger partial charge is 0.507 e. The van der Waals surface area contributed by atoms with Gasteiger partial charge in [0.1, 0.15) is 17.4 Å². The number of phenolic OH excluding ortho intramolecular Hbond substituents is 1. The number of fused-ring (bicyclic) bond motifs is 1. The Labute approximate surface area is 172 Å². The molecule has 0 bridgehead atoms. The van der Waals surface area contributed by atoms with Gasteiger partial charge in [0.05, 0.1) is 23.6 Å². The number of halogens is 1. The minimum Gasteiger partial charge on any atom is -0.507 e. The molecule has 0 radical (unpaired) electrons. The van der Waals surface area contributed by atoms with Crippen LogP contribution < -0.4 is 4.90 Å². The van der Waals surface area contributed by atoms with Crippen molar-refractivity contribution in [2.24, 2.45) is 0 Å². The first-order valence-electron chi connectivity index (χ1n) is 9.42. The van der Waals surface area contributed by atoms with Crippen molar-refractivity contribution in [2.45, 2.75) is 13.0 Å². The molecule has 0 saturated heterocycles. The van der Waals surface area contributed by atoms with Crippen LogP contribution in [-0.4, -0.2) is 26.6 Å². The topological polar surface area (TPSA) is 85.9 Å². The molecule has 0 spiro atoms. The maximum atomic E-state index is 14.1. The van der Waals surface area contributed by atoms with E-state index in [0.29, 0.717) is 41.2 Å². The van der Waals surface area contributed by atoms with E-state index in [-0.39, 0.29) is 12.2 Å². The monoisotopic (exact) mass is 399 g/mol. The van der Waals surface area contributed by atoms with Crippen LogP contribution in [0.15, 0.2) is 67.0 Å². The third-order valence-corrected chi connectivity index (χ3v) is 4.67. The molecule has 2 heterocycles. The van der Waals surface area contributed by atoms with Crippen LogP contribution in [0.25, 0.3) is 22.3 Å². The number of para-hydroxylation sites is 1. The highest BCUT2D eigenvalue weighted by molar-refractivity contribution is 5.91. The van der Waals surface area contributed by atoms with Crippen LogP contribution in [0, 0.1) is 17.1 Å². The molecule has 0 fully saturated rings. The molecule has 4 rings (SSSR count). The number of hydrogen-bond donors (Lipinski definition) is 1. The number of hydrogen-bond acceptors (Lipinski definition) is 6. The van der Waals surface area contributed by atoms with Crippen molar-refractivity contribution < 1.29 is 9.50 Å². The fourth-order valence-electron chi connectivity index (χ4n) is 3.27. The summed E-state index contributed by atoms with van der Waals surface area (Å²) >= 11 is 0. The highest BCUT2D eigenvalue weighted by atomic mass is 19.1. The zero-order valence-electron chi connectivity index (χ0n) is 16.0. The molecule has 0 atom stereocenters. The standard InChI is InChI=1S/C23H18FN5O/c24-17-8-9-20-19(13-17)23(28-22(27-20)18-6-1-2-7-21(18)30)29(12-4-10-25)15-16-5-3-11-26-14-16/h1-3,5-9,11,13-14,30H,4,12,15H2. The predicted octanol–water partition coefficient (Wildman–Crippen LogP) is 4.46. The van der Waals surface area contributed by atoms with E-state index in [1.165, 1.54) is 12.1 Å². The van der Waals surface area contributed by atoms with E-state index in [4.69, 9.17) is 5.26 Å². The Bertz CT molecular complexity index is 1220. The quantitative estimate of drug-likeness (QED) is 0.515. The average Bonchev–Trinajstić information content (AvgIpc) is 2.77. The molecule has 1 N–H and O–H groups in total. The number of benzene rings is 2. The molecule has 2 aromatic heterocycles. The molecule has 0 unspecified atom stereocenters. The van der Waals surface area contributed by atoms with Gasteiger partial charge in [0.15, 0.2) is 5.82 Å². The molecule has 148 valence electrons. The first-order valence-corrected chi connectivity index (χ1v) is 9.42. The highest BCUT2D eigenvalue weighted by Crippen LogP contribution is 2.32. The molecule has 30 heavy (non-hydrogen) atoms. The molecule has 7 heteroatoms. The molecular weight excluding hydrogens is 381 g/mol. The lowest BCUT2D eigenvalue weighted by molar-refractivity contribution is 0.477. The van der Waals surface area contributed by atoms with Crippen molar-refractivity contribution in [3.63, 3.8) is 0 Å². The van der Waals surface area contributed by atoms with Gasteiger partial charge < -0.3 is 10.0 Å². The van der Waals surface area contributed by atoms with Crippen LogP contribution in [-0.2, 0) is 6.54 Å². The Morgan fingerprint density at radius 3 is 2.70 bits per heavy atom. The van der Waals surface area contributed by atoms with E-state index >= 15 is 0 Å². The van der Waals surface area contributed by atoms with Gasteiger partial charge in [-0.2, -0.15) is 5.26 Å².